The van der Waals surface area contributed by atoms with Crippen molar-refractivity contribution in [3.8, 4) is 11.1 Å². The molecule has 1 N–H and O–H groups in total. The molecule has 26 heavy (non-hydrogen) atoms. The second-order valence-electron chi connectivity index (χ2n) is 6.22. The van der Waals surface area contributed by atoms with Gasteiger partial charge in [-0.2, -0.15) is 11.3 Å². The van der Waals surface area contributed by atoms with Crippen molar-refractivity contribution < 1.29 is 4.39 Å². The van der Waals surface area contributed by atoms with Gasteiger partial charge in [0.15, 0.2) is 0 Å². The van der Waals surface area contributed by atoms with E-state index in [2.05, 4.69) is 26.8 Å². The van der Waals surface area contributed by atoms with E-state index >= 15 is 0 Å². The van der Waals surface area contributed by atoms with Crippen LogP contribution in [0.2, 0.25) is 0 Å². The number of rotatable bonds is 5. The van der Waals surface area contributed by atoms with Crippen LogP contribution in [0.1, 0.15) is 22.7 Å². The van der Waals surface area contributed by atoms with E-state index in [0.717, 1.165) is 45.9 Å². The smallest absolute Gasteiger partial charge is 0.260 e. The van der Waals surface area contributed by atoms with Crippen LogP contribution in [0.5, 0.6) is 0 Å². The van der Waals surface area contributed by atoms with Gasteiger partial charge in [-0.1, -0.05) is 12.1 Å². The summed E-state index contributed by atoms with van der Waals surface area (Å²) in [5, 5.41) is 4.82. The topological polar surface area (TPSA) is 45.8 Å². The first-order chi connectivity index (χ1) is 12.6. The second kappa shape index (κ2) is 7.13. The summed E-state index contributed by atoms with van der Waals surface area (Å²) in [6, 6.07) is 8.37. The van der Waals surface area contributed by atoms with Crippen LogP contribution < -0.4 is 5.56 Å². The van der Waals surface area contributed by atoms with Crippen molar-refractivity contribution in [3.05, 3.63) is 73.5 Å². The molecule has 0 atom stereocenters. The number of hydrogen-bond donors (Lipinski definition) is 1. The maximum Gasteiger partial charge on any atom is 0.260 e. The number of fused-ring (bicyclic) bond motifs is 1. The minimum Gasteiger partial charge on any atom is -0.310 e. The number of aryl methyl sites for hydroxylation is 3. The standard InChI is InChI=1S/C20H17FN2OS2/c1-12-17(14-5-7-15(21)8-6-14)18-19(24)22-16(23-20(18)26-12)4-2-3-13-9-10-25-11-13/h5-11H,2-4H2,1H3,(H,22,23,24). The van der Waals surface area contributed by atoms with Gasteiger partial charge in [0, 0.05) is 16.9 Å². The molecule has 3 nitrogen and oxygen atoms in total. The van der Waals surface area contributed by atoms with E-state index in [1.807, 2.05) is 6.92 Å². The Morgan fingerprint density at radius 1 is 1.15 bits per heavy atom. The van der Waals surface area contributed by atoms with Crippen LogP contribution in [-0.2, 0) is 12.8 Å². The van der Waals surface area contributed by atoms with Crippen LogP contribution in [0, 0.1) is 12.7 Å². The highest BCUT2D eigenvalue weighted by Gasteiger charge is 2.16. The van der Waals surface area contributed by atoms with Gasteiger partial charge < -0.3 is 4.98 Å². The molecular formula is C20H17FN2OS2. The molecule has 3 aromatic heterocycles. The summed E-state index contributed by atoms with van der Waals surface area (Å²) in [5.74, 6) is 0.440. The molecular weight excluding hydrogens is 367 g/mol. The Morgan fingerprint density at radius 3 is 2.69 bits per heavy atom. The molecule has 0 spiro atoms. The Morgan fingerprint density at radius 2 is 1.96 bits per heavy atom. The summed E-state index contributed by atoms with van der Waals surface area (Å²) in [6.07, 6.45) is 2.67. The quantitative estimate of drug-likeness (QED) is 0.505. The first-order valence-corrected chi connectivity index (χ1v) is 10.2. The fourth-order valence-corrected chi connectivity index (χ4v) is 4.91. The molecule has 0 aliphatic heterocycles. The molecule has 0 radical (unpaired) electrons. The molecule has 0 aliphatic rings. The first kappa shape index (κ1) is 17.1. The number of halogens is 1. The predicted molar refractivity (Wildman–Crippen MR) is 107 cm³/mol. The zero-order valence-corrected chi connectivity index (χ0v) is 15.8. The highest BCUT2D eigenvalue weighted by molar-refractivity contribution is 7.19. The lowest BCUT2D eigenvalue weighted by molar-refractivity contribution is 0.628. The minimum absolute atomic E-state index is 0.121. The fraction of sp³-hybridized carbons (Fsp3) is 0.200. The second-order valence-corrected chi connectivity index (χ2v) is 8.20. The van der Waals surface area contributed by atoms with E-state index in [1.165, 1.54) is 29.0 Å². The number of benzene rings is 1. The molecule has 0 saturated carbocycles. The van der Waals surface area contributed by atoms with Gasteiger partial charge in [0.2, 0.25) is 0 Å². The maximum atomic E-state index is 13.2. The summed E-state index contributed by atoms with van der Waals surface area (Å²) in [4.78, 5) is 22.1. The van der Waals surface area contributed by atoms with Crippen molar-refractivity contribution >= 4 is 32.9 Å². The van der Waals surface area contributed by atoms with Crippen molar-refractivity contribution in [3.63, 3.8) is 0 Å². The Hall–Kier alpha value is -2.31. The average Bonchev–Trinajstić information content (AvgIpc) is 3.23. The molecule has 4 aromatic rings. The number of H-pyrrole nitrogens is 1. The highest BCUT2D eigenvalue weighted by Crippen LogP contribution is 2.35. The molecule has 0 bridgehead atoms. The zero-order valence-electron chi connectivity index (χ0n) is 14.2. The van der Waals surface area contributed by atoms with Crippen LogP contribution in [0.4, 0.5) is 4.39 Å². The Labute approximate surface area is 158 Å². The molecule has 6 heteroatoms. The van der Waals surface area contributed by atoms with Crippen molar-refractivity contribution in [1.29, 1.82) is 0 Å². The molecule has 0 amide bonds. The number of aromatic nitrogens is 2. The third-order valence-electron chi connectivity index (χ3n) is 4.38. The normalized spacial score (nSPS) is 11.3. The Kier molecular flexibility index (Phi) is 4.70. The summed E-state index contributed by atoms with van der Waals surface area (Å²) in [5.41, 5.74) is 2.89. The lowest BCUT2D eigenvalue weighted by atomic mass is 10.0. The zero-order chi connectivity index (χ0) is 18.1. The molecule has 3 heterocycles. The minimum atomic E-state index is -0.286. The molecule has 0 aliphatic carbocycles. The van der Waals surface area contributed by atoms with Gasteiger partial charge in [0.1, 0.15) is 16.5 Å². The fourth-order valence-electron chi connectivity index (χ4n) is 3.14. The number of aromatic amines is 1. The van der Waals surface area contributed by atoms with Crippen molar-refractivity contribution in [2.45, 2.75) is 26.2 Å². The molecule has 0 saturated heterocycles. The van der Waals surface area contributed by atoms with Gasteiger partial charge in [0.05, 0.1) is 5.39 Å². The summed E-state index contributed by atoms with van der Waals surface area (Å²) in [6.45, 7) is 1.97. The van der Waals surface area contributed by atoms with Gasteiger partial charge in [-0.25, -0.2) is 9.37 Å². The third kappa shape index (κ3) is 3.34. The molecule has 132 valence electrons. The van der Waals surface area contributed by atoms with Gasteiger partial charge in [-0.05, 0) is 59.9 Å². The first-order valence-electron chi connectivity index (χ1n) is 8.41. The monoisotopic (exact) mass is 384 g/mol. The van der Waals surface area contributed by atoms with E-state index in [-0.39, 0.29) is 11.4 Å². The van der Waals surface area contributed by atoms with Crippen LogP contribution in [-0.4, -0.2) is 9.97 Å². The number of nitrogens with zero attached hydrogens (tertiary/aromatic N) is 1. The third-order valence-corrected chi connectivity index (χ3v) is 6.11. The lowest BCUT2D eigenvalue weighted by Gasteiger charge is -2.03. The summed E-state index contributed by atoms with van der Waals surface area (Å²) >= 11 is 3.21. The van der Waals surface area contributed by atoms with E-state index in [4.69, 9.17) is 0 Å². The van der Waals surface area contributed by atoms with E-state index in [0.29, 0.717) is 5.39 Å². The maximum absolute atomic E-state index is 13.2. The Balaban J connectivity index is 1.66. The van der Waals surface area contributed by atoms with Crippen LogP contribution in [0.3, 0.4) is 0 Å². The number of hydrogen-bond acceptors (Lipinski definition) is 4. The van der Waals surface area contributed by atoms with Gasteiger partial charge in [0.25, 0.3) is 5.56 Å². The van der Waals surface area contributed by atoms with Gasteiger partial charge in [-0.3, -0.25) is 4.79 Å². The number of nitrogens with one attached hydrogen (secondary N) is 1. The lowest BCUT2D eigenvalue weighted by Crippen LogP contribution is -2.11. The van der Waals surface area contributed by atoms with Gasteiger partial charge >= 0.3 is 0 Å². The Bertz CT molecular complexity index is 1100. The van der Waals surface area contributed by atoms with E-state index in [9.17, 15) is 9.18 Å². The van der Waals surface area contributed by atoms with Crippen molar-refractivity contribution in [2.24, 2.45) is 0 Å². The van der Waals surface area contributed by atoms with Crippen molar-refractivity contribution in [1.82, 2.24) is 9.97 Å². The SMILES string of the molecule is Cc1sc2nc(CCCc3ccsc3)[nH]c(=O)c2c1-c1ccc(F)cc1. The number of thiophene rings is 2. The van der Waals surface area contributed by atoms with Crippen LogP contribution in [0.15, 0.2) is 45.9 Å². The average molecular weight is 385 g/mol. The van der Waals surface area contributed by atoms with Gasteiger partial charge in [-0.15, -0.1) is 11.3 Å². The van der Waals surface area contributed by atoms with Crippen LogP contribution in [0.25, 0.3) is 21.3 Å². The summed E-state index contributed by atoms with van der Waals surface area (Å²) < 4.78 is 13.2. The van der Waals surface area contributed by atoms with Crippen molar-refractivity contribution in [2.75, 3.05) is 0 Å². The van der Waals surface area contributed by atoms with Crippen LogP contribution >= 0.6 is 22.7 Å². The van der Waals surface area contributed by atoms with E-state index < -0.39 is 0 Å². The molecule has 0 unspecified atom stereocenters. The summed E-state index contributed by atoms with van der Waals surface area (Å²) in [7, 11) is 0. The van der Waals surface area contributed by atoms with E-state index in [1.54, 1.807) is 23.5 Å². The molecule has 1 aromatic carbocycles. The highest BCUT2D eigenvalue weighted by atomic mass is 32.1. The molecule has 4 rings (SSSR count). The largest absolute Gasteiger partial charge is 0.310 e. The molecule has 0 fully saturated rings. The predicted octanol–water partition coefficient (Wildman–Crippen LogP) is 5.34.